The van der Waals surface area contributed by atoms with Crippen molar-refractivity contribution in [3.8, 4) is 17.2 Å². The lowest BCUT2D eigenvalue weighted by molar-refractivity contribution is 0.0816. The predicted molar refractivity (Wildman–Crippen MR) is 114 cm³/mol. The lowest BCUT2D eigenvalue weighted by atomic mass is 9.64. The normalized spacial score (nSPS) is 22.9. The Morgan fingerprint density at radius 2 is 1.86 bits per heavy atom. The van der Waals surface area contributed by atoms with E-state index in [0.717, 1.165) is 42.0 Å². The van der Waals surface area contributed by atoms with Crippen LogP contribution in [0.2, 0.25) is 5.02 Å². The van der Waals surface area contributed by atoms with Gasteiger partial charge in [0.25, 0.3) is 0 Å². The molecule has 0 radical (unpaired) electrons. The number of halogens is 1. The van der Waals surface area contributed by atoms with E-state index < -0.39 is 0 Å². The second-order valence-corrected chi connectivity index (χ2v) is 9.15. The Hall–Kier alpha value is -1.91. The molecule has 2 aliphatic heterocycles. The van der Waals surface area contributed by atoms with Crippen molar-refractivity contribution < 1.29 is 14.2 Å². The monoisotopic (exact) mass is 413 g/mol. The molecule has 0 spiro atoms. The molecule has 2 aromatic carbocycles. The molecular formula is C24H28ClNO3. The number of fused-ring (bicyclic) bond motifs is 1. The minimum Gasteiger partial charge on any atom is -0.493 e. The molecule has 2 aromatic rings. The molecule has 0 unspecified atom stereocenters. The number of rotatable bonds is 6. The molecule has 2 fully saturated rings. The molecule has 0 aromatic heterocycles. The Morgan fingerprint density at radius 1 is 1.03 bits per heavy atom. The van der Waals surface area contributed by atoms with E-state index in [2.05, 4.69) is 17.0 Å². The Balaban J connectivity index is 1.19. The van der Waals surface area contributed by atoms with E-state index in [4.69, 9.17) is 25.8 Å². The summed E-state index contributed by atoms with van der Waals surface area (Å²) in [4.78, 5) is 2.66. The van der Waals surface area contributed by atoms with Gasteiger partial charge in [0, 0.05) is 35.5 Å². The molecule has 0 bridgehead atoms. The van der Waals surface area contributed by atoms with Crippen LogP contribution >= 0.6 is 11.6 Å². The first-order valence-corrected chi connectivity index (χ1v) is 11.1. The van der Waals surface area contributed by atoms with Crippen LogP contribution in [0.15, 0.2) is 42.5 Å². The maximum absolute atomic E-state index is 6.11. The predicted octanol–water partition coefficient (Wildman–Crippen LogP) is 5.28. The van der Waals surface area contributed by atoms with Crippen LogP contribution < -0.4 is 14.2 Å². The lowest BCUT2D eigenvalue weighted by Crippen LogP contribution is -2.49. The fourth-order valence-corrected chi connectivity index (χ4v) is 5.11. The first-order valence-electron chi connectivity index (χ1n) is 10.7. The molecule has 0 N–H and O–H groups in total. The second-order valence-electron chi connectivity index (χ2n) is 8.71. The SMILES string of the molecule is Clc1ccc(C2(CN3CCC[C@H](COc4ccc5c(c4)OCO5)C3)CCC2)cc1. The highest BCUT2D eigenvalue weighted by Crippen LogP contribution is 2.45. The van der Waals surface area contributed by atoms with E-state index in [9.17, 15) is 0 Å². The quantitative estimate of drug-likeness (QED) is 0.644. The van der Waals surface area contributed by atoms with Gasteiger partial charge >= 0.3 is 0 Å². The Labute approximate surface area is 177 Å². The van der Waals surface area contributed by atoms with E-state index in [1.54, 1.807) is 0 Å². The van der Waals surface area contributed by atoms with Crippen molar-refractivity contribution in [2.45, 2.75) is 37.5 Å². The molecule has 5 rings (SSSR count). The molecule has 3 aliphatic rings. The highest BCUT2D eigenvalue weighted by atomic mass is 35.5. The molecule has 1 saturated heterocycles. The number of hydrogen-bond acceptors (Lipinski definition) is 4. The van der Waals surface area contributed by atoms with Crippen molar-refractivity contribution in [1.29, 1.82) is 0 Å². The van der Waals surface area contributed by atoms with Gasteiger partial charge < -0.3 is 19.1 Å². The summed E-state index contributed by atoms with van der Waals surface area (Å²) in [6.45, 7) is 4.50. The number of ether oxygens (including phenoxy) is 3. The van der Waals surface area contributed by atoms with Crippen LogP contribution in [0.3, 0.4) is 0 Å². The summed E-state index contributed by atoms with van der Waals surface area (Å²) in [5.41, 5.74) is 1.76. The van der Waals surface area contributed by atoms with Gasteiger partial charge in [-0.3, -0.25) is 0 Å². The van der Waals surface area contributed by atoms with Crippen LogP contribution in [-0.4, -0.2) is 37.9 Å². The molecular weight excluding hydrogens is 386 g/mol. The van der Waals surface area contributed by atoms with Crippen molar-refractivity contribution in [2.24, 2.45) is 5.92 Å². The fourth-order valence-electron chi connectivity index (χ4n) is 4.98. The van der Waals surface area contributed by atoms with Crippen LogP contribution in [0.5, 0.6) is 17.2 Å². The third-order valence-corrected chi connectivity index (χ3v) is 6.98. The van der Waals surface area contributed by atoms with Gasteiger partial charge in [-0.25, -0.2) is 0 Å². The summed E-state index contributed by atoms with van der Waals surface area (Å²) in [7, 11) is 0. The zero-order valence-corrected chi connectivity index (χ0v) is 17.5. The van der Waals surface area contributed by atoms with E-state index in [1.165, 1.54) is 44.2 Å². The molecule has 1 aliphatic carbocycles. The average Bonchev–Trinajstić information content (AvgIpc) is 3.18. The van der Waals surface area contributed by atoms with Crippen molar-refractivity contribution in [3.63, 3.8) is 0 Å². The summed E-state index contributed by atoms with van der Waals surface area (Å²) in [5.74, 6) is 3.01. The molecule has 154 valence electrons. The third kappa shape index (κ3) is 4.06. The second kappa shape index (κ2) is 8.08. The Kier molecular flexibility index (Phi) is 5.31. The smallest absolute Gasteiger partial charge is 0.231 e. The maximum atomic E-state index is 6.11. The third-order valence-electron chi connectivity index (χ3n) is 6.73. The van der Waals surface area contributed by atoms with Crippen LogP contribution in [0.1, 0.15) is 37.7 Å². The van der Waals surface area contributed by atoms with Gasteiger partial charge in [0.05, 0.1) is 6.61 Å². The minimum atomic E-state index is 0.297. The van der Waals surface area contributed by atoms with E-state index in [0.29, 0.717) is 18.1 Å². The standard InChI is InChI=1S/C24H28ClNO3/c25-20-6-4-19(5-7-20)24(10-2-11-24)16-26-12-1-3-18(14-26)15-27-21-8-9-22-23(13-21)29-17-28-22/h4-9,13,18H,1-3,10-12,14-17H2/t18-/m0/s1. The van der Waals surface area contributed by atoms with Crippen molar-refractivity contribution in [2.75, 3.05) is 33.0 Å². The highest BCUT2D eigenvalue weighted by Gasteiger charge is 2.40. The molecule has 0 amide bonds. The maximum Gasteiger partial charge on any atom is 0.231 e. The van der Waals surface area contributed by atoms with Crippen molar-refractivity contribution in [1.82, 2.24) is 4.90 Å². The average molecular weight is 414 g/mol. The first kappa shape index (κ1) is 19.1. The van der Waals surface area contributed by atoms with Gasteiger partial charge in [-0.2, -0.15) is 0 Å². The number of piperidine rings is 1. The summed E-state index contributed by atoms with van der Waals surface area (Å²) in [6, 6.07) is 14.4. The van der Waals surface area contributed by atoms with Crippen LogP contribution in [0, 0.1) is 5.92 Å². The molecule has 1 saturated carbocycles. The number of likely N-dealkylation sites (tertiary alicyclic amines) is 1. The molecule has 29 heavy (non-hydrogen) atoms. The zero-order valence-electron chi connectivity index (χ0n) is 16.7. The zero-order chi connectivity index (χ0) is 19.7. The number of benzene rings is 2. The number of hydrogen-bond donors (Lipinski definition) is 0. The summed E-state index contributed by atoms with van der Waals surface area (Å²) in [6.07, 6.45) is 6.36. The van der Waals surface area contributed by atoms with Gasteiger partial charge in [0.15, 0.2) is 11.5 Å². The molecule has 4 nitrogen and oxygen atoms in total. The first-order chi connectivity index (χ1) is 14.2. The van der Waals surface area contributed by atoms with Gasteiger partial charge in [0.1, 0.15) is 5.75 Å². The minimum absolute atomic E-state index is 0.297. The fraction of sp³-hybridized carbons (Fsp3) is 0.500. The van der Waals surface area contributed by atoms with Crippen LogP contribution in [0.4, 0.5) is 0 Å². The van der Waals surface area contributed by atoms with Crippen LogP contribution in [0.25, 0.3) is 0 Å². The molecule has 1 atom stereocenters. The Bertz CT molecular complexity index is 850. The Morgan fingerprint density at radius 3 is 2.66 bits per heavy atom. The molecule has 5 heteroatoms. The summed E-state index contributed by atoms with van der Waals surface area (Å²) in [5, 5.41) is 0.821. The largest absolute Gasteiger partial charge is 0.493 e. The highest BCUT2D eigenvalue weighted by molar-refractivity contribution is 6.30. The van der Waals surface area contributed by atoms with E-state index in [-0.39, 0.29) is 0 Å². The van der Waals surface area contributed by atoms with E-state index in [1.807, 2.05) is 30.3 Å². The van der Waals surface area contributed by atoms with Gasteiger partial charge in [-0.1, -0.05) is 30.2 Å². The van der Waals surface area contributed by atoms with Gasteiger partial charge in [-0.15, -0.1) is 0 Å². The topological polar surface area (TPSA) is 30.9 Å². The van der Waals surface area contributed by atoms with Gasteiger partial charge in [-0.05, 0) is 62.1 Å². The summed E-state index contributed by atoms with van der Waals surface area (Å²) >= 11 is 6.11. The van der Waals surface area contributed by atoms with E-state index >= 15 is 0 Å². The summed E-state index contributed by atoms with van der Waals surface area (Å²) < 4.78 is 16.9. The van der Waals surface area contributed by atoms with Gasteiger partial charge in [0.2, 0.25) is 6.79 Å². The van der Waals surface area contributed by atoms with Crippen molar-refractivity contribution >= 4 is 11.6 Å². The molecule has 2 heterocycles. The van der Waals surface area contributed by atoms with Crippen LogP contribution in [-0.2, 0) is 5.41 Å². The lowest BCUT2D eigenvalue weighted by Gasteiger charge is -2.47. The number of nitrogens with zero attached hydrogens (tertiary/aromatic N) is 1. The van der Waals surface area contributed by atoms with Crippen molar-refractivity contribution in [3.05, 3.63) is 53.1 Å².